The van der Waals surface area contributed by atoms with Crippen LogP contribution in [0.4, 0.5) is 23.7 Å². The quantitative estimate of drug-likeness (QED) is 0.228. The van der Waals surface area contributed by atoms with Gasteiger partial charge in [0.25, 0.3) is 5.91 Å². The summed E-state index contributed by atoms with van der Waals surface area (Å²) in [7, 11) is 0. The van der Waals surface area contributed by atoms with E-state index in [4.69, 9.17) is 39.5 Å². The molecule has 200 valence electrons. The number of carbonyl (C=O) groups excluding carboxylic acids is 2. The fraction of sp³-hybridized carbons (Fsp3) is 0.0370. The Morgan fingerprint density at radius 3 is 2.15 bits per heavy atom. The molecule has 0 aliphatic heterocycles. The van der Waals surface area contributed by atoms with Crippen LogP contribution in [-0.2, 0) is 6.18 Å². The van der Waals surface area contributed by atoms with Crippen LogP contribution < -0.4 is 15.4 Å². The van der Waals surface area contributed by atoms with Gasteiger partial charge in [-0.15, -0.1) is 0 Å². The van der Waals surface area contributed by atoms with Crippen LogP contribution in [0.2, 0.25) is 15.1 Å². The van der Waals surface area contributed by atoms with Crippen molar-refractivity contribution in [3.05, 3.63) is 111 Å². The molecule has 5 nitrogen and oxygen atoms in total. The second-order valence-corrected chi connectivity index (χ2v) is 10.2. The number of anilines is 1. The molecule has 12 heteroatoms. The summed E-state index contributed by atoms with van der Waals surface area (Å²) in [6, 6.07) is 20.0. The van der Waals surface area contributed by atoms with Gasteiger partial charge >= 0.3 is 12.2 Å². The van der Waals surface area contributed by atoms with E-state index in [-0.39, 0.29) is 20.6 Å². The SMILES string of the molecule is O=C(NC(=O)c1ccccc1Cl)Nc1ccc(Oc2ccc(Sc3ccc(C(F)(F)F)cc3Cl)cc2)c(Cl)c1. The molecule has 0 saturated heterocycles. The lowest BCUT2D eigenvalue weighted by atomic mass is 10.2. The van der Waals surface area contributed by atoms with Gasteiger partial charge in [0.1, 0.15) is 11.5 Å². The number of ether oxygens (including phenoxy) is 1. The van der Waals surface area contributed by atoms with Gasteiger partial charge in [-0.3, -0.25) is 10.1 Å². The van der Waals surface area contributed by atoms with E-state index >= 15 is 0 Å². The highest BCUT2D eigenvalue weighted by Gasteiger charge is 2.31. The second-order valence-electron chi connectivity index (χ2n) is 7.85. The first-order valence-electron chi connectivity index (χ1n) is 11.0. The fourth-order valence-electron chi connectivity index (χ4n) is 3.23. The molecule has 0 aliphatic carbocycles. The van der Waals surface area contributed by atoms with Gasteiger partial charge in [0, 0.05) is 15.5 Å². The predicted molar refractivity (Wildman–Crippen MR) is 146 cm³/mol. The number of carbonyl (C=O) groups is 2. The molecular formula is C27H16Cl3F3N2O3S. The smallest absolute Gasteiger partial charge is 0.416 e. The summed E-state index contributed by atoms with van der Waals surface area (Å²) in [5.74, 6) is 0.0934. The molecule has 0 aromatic heterocycles. The Kier molecular flexibility index (Phi) is 8.97. The number of amides is 3. The van der Waals surface area contributed by atoms with Gasteiger partial charge in [-0.05, 0) is 72.8 Å². The number of nitrogens with one attached hydrogen (secondary N) is 2. The zero-order valence-electron chi connectivity index (χ0n) is 19.5. The molecule has 0 unspecified atom stereocenters. The molecule has 4 rings (SSSR count). The molecule has 2 N–H and O–H groups in total. The van der Waals surface area contributed by atoms with Crippen molar-refractivity contribution >= 4 is 64.2 Å². The minimum Gasteiger partial charge on any atom is -0.456 e. The van der Waals surface area contributed by atoms with Gasteiger partial charge in [0.2, 0.25) is 0 Å². The molecule has 0 atom stereocenters. The van der Waals surface area contributed by atoms with E-state index in [1.807, 2.05) is 0 Å². The normalized spacial score (nSPS) is 11.1. The maximum atomic E-state index is 12.8. The van der Waals surface area contributed by atoms with Crippen LogP contribution in [0, 0.1) is 0 Å². The number of benzene rings is 4. The van der Waals surface area contributed by atoms with Crippen molar-refractivity contribution in [1.29, 1.82) is 0 Å². The second kappa shape index (κ2) is 12.2. The van der Waals surface area contributed by atoms with Crippen LogP contribution in [0.3, 0.4) is 0 Å². The van der Waals surface area contributed by atoms with Crippen molar-refractivity contribution in [2.45, 2.75) is 16.0 Å². The van der Waals surface area contributed by atoms with Crippen LogP contribution in [0.1, 0.15) is 15.9 Å². The molecule has 0 radical (unpaired) electrons. The van der Waals surface area contributed by atoms with Crippen LogP contribution in [0.25, 0.3) is 0 Å². The lowest BCUT2D eigenvalue weighted by molar-refractivity contribution is -0.137. The summed E-state index contributed by atoms with van der Waals surface area (Å²) in [5, 5.41) is 5.10. The lowest BCUT2D eigenvalue weighted by Gasteiger charge is -2.12. The summed E-state index contributed by atoms with van der Waals surface area (Å²) in [6.45, 7) is 0. The number of imide groups is 1. The van der Waals surface area contributed by atoms with Gasteiger partial charge in [0.15, 0.2) is 0 Å². The highest BCUT2D eigenvalue weighted by atomic mass is 35.5. The molecule has 0 heterocycles. The summed E-state index contributed by atoms with van der Waals surface area (Å²) >= 11 is 19.5. The van der Waals surface area contributed by atoms with Crippen LogP contribution in [0.15, 0.2) is 94.7 Å². The number of hydrogen-bond donors (Lipinski definition) is 2. The maximum Gasteiger partial charge on any atom is 0.416 e. The van der Waals surface area contributed by atoms with Crippen molar-refractivity contribution in [1.82, 2.24) is 5.32 Å². The third kappa shape index (κ3) is 7.60. The molecule has 0 bridgehead atoms. The van der Waals surface area contributed by atoms with E-state index in [0.29, 0.717) is 22.1 Å². The van der Waals surface area contributed by atoms with Crippen LogP contribution >= 0.6 is 46.6 Å². The number of alkyl halides is 3. The molecule has 0 spiro atoms. The van der Waals surface area contributed by atoms with Crippen molar-refractivity contribution < 1.29 is 27.5 Å². The molecule has 0 fully saturated rings. The zero-order valence-corrected chi connectivity index (χ0v) is 22.6. The molecule has 3 amide bonds. The van der Waals surface area contributed by atoms with E-state index in [0.717, 1.165) is 17.0 Å². The first kappa shape index (κ1) is 28.6. The first-order valence-corrected chi connectivity index (χ1v) is 12.9. The molecular weight excluding hydrogens is 596 g/mol. The Morgan fingerprint density at radius 2 is 1.51 bits per heavy atom. The van der Waals surface area contributed by atoms with Gasteiger partial charge in [0.05, 0.1) is 26.2 Å². The summed E-state index contributed by atoms with van der Waals surface area (Å²) in [4.78, 5) is 25.7. The number of urea groups is 1. The van der Waals surface area contributed by atoms with Gasteiger partial charge < -0.3 is 10.1 Å². The minimum atomic E-state index is -4.47. The third-order valence-corrected chi connectivity index (χ3v) is 7.21. The third-order valence-electron chi connectivity index (χ3n) is 5.07. The summed E-state index contributed by atoms with van der Waals surface area (Å²) in [5.41, 5.74) is -0.343. The maximum absolute atomic E-state index is 12.8. The molecule has 39 heavy (non-hydrogen) atoms. The topological polar surface area (TPSA) is 67.4 Å². The van der Waals surface area contributed by atoms with Crippen molar-refractivity contribution in [3.63, 3.8) is 0 Å². The van der Waals surface area contributed by atoms with Gasteiger partial charge in [-0.2, -0.15) is 13.2 Å². The van der Waals surface area contributed by atoms with E-state index < -0.39 is 23.7 Å². The number of halogens is 6. The Balaban J connectivity index is 1.35. The summed E-state index contributed by atoms with van der Waals surface area (Å²) in [6.07, 6.45) is -4.47. The van der Waals surface area contributed by atoms with Gasteiger partial charge in [-0.1, -0.05) is 58.7 Å². The molecule has 4 aromatic rings. The molecule has 0 aliphatic rings. The van der Waals surface area contributed by atoms with E-state index in [9.17, 15) is 22.8 Å². The van der Waals surface area contributed by atoms with Crippen molar-refractivity contribution in [2.24, 2.45) is 0 Å². The summed E-state index contributed by atoms with van der Waals surface area (Å²) < 4.78 is 44.3. The first-order chi connectivity index (χ1) is 18.5. The van der Waals surface area contributed by atoms with Crippen molar-refractivity contribution in [3.8, 4) is 11.5 Å². The van der Waals surface area contributed by atoms with E-state index in [1.165, 1.54) is 42.1 Å². The Hall–Kier alpha value is -3.37. The standard InChI is InChI=1S/C27H16Cl3F3N2O3S/c28-20-4-2-1-3-19(20)25(36)35-26(37)34-16-6-11-23(21(29)14-16)38-17-7-9-18(10-8-17)39-24-12-5-15(13-22(24)30)27(31,32)33/h1-14H,(H2,34,35,36,37). The number of rotatable bonds is 6. The van der Waals surface area contributed by atoms with E-state index in [2.05, 4.69) is 10.6 Å². The Bertz CT molecular complexity index is 1530. The predicted octanol–water partition coefficient (Wildman–Crippen LogP) is 9.57. The largest absolute Gasteiger partial charge is 0.456 e. The zero-order chi connectivity index (χ0) is 28.2. The van der Waals surface area contributed by atoms with E-state index in [1.54, 1.807) is 42.5 Å². The fourth-order valence-corrected chi connectivity index (χ4v) is 4.78. The molecule has 4 aromatic carbocycles. The van der Waals surface area contributed by atoms with Crippen LogP contribution in [0.5, 0.6) is 11.5 Å². The Labute approximate surface area is 240 Å². The average Bonchev–Trinajstić information content (AvgIpc) is 2.87. The minimum absolute atomic E-state index is 0.00227. The molecule has 0 saturated carbocycles. The highest BCUT2D eigenvalue weighted by molar-refractivity contribution is 7.99. The lowest BCUT2D eigenvalue weighted by Crippen LogP contribution is -2.34. The monoisotopic (exact) mass is 610 g/mol. The van der Waals surface area contributed by atoms with Gasteiger partial charge in [-0.25, -0.2) is 4.79 Å². The Morgan fingerprint density at radius 1 is 0.795 bits per heavy atom. The average molecular weight is 612 g/mol. The van der Waals surface area contributed by atoms with Crippen LogP contribution in [-0.4, -0.2) is 11.9 Å². The highest BCUT2D eigenvalue weighted by Crippen LogP contribution is 2.39. The van der Waals surface area contributed by atoms with Crippen molar-refractivity contribution in [2.75, 3.05) is 5.32 Å². The number of hydrogen-bond acceptors (Lipinski definition) is 4.